The zero-order valence-electron chi connectivity index (χ0n) is 14.1. The normalized spacial score (nSPS) is 11.9. The Kier molecular flexibility index (Phi) is 4.45. The quantitative estimate of drug-likeness (QED) is 0.388. The maximum atomic E-state index is 13.8. The van der Waals surface area contributed by atoms with Gasteiger partial charge >= 0.3 is 0 Å². The van der Waals surface area contributed by atoms with Crippen molar-refractivity contribution in [2.45, 2.75) is 11.4 Å². The fraction of sp³-hybridized carbons (Fsp3) is 0.0625. The van der Waals surface area contributed by atoms with E-state index in [-0.39, 0.29) is 27.8 Å². The summed E-state index contributed by atoms with van der Waals surface area (Å²) in [6, 6.07) is 5.50. The standard InChI is InChI=1S/C16H9F4N5O3S/c17-9-6-10(18)15(20)8(14(9)19)7-25-5-4-13(21-25)24-29(26,27)12-3-1-2-11-16(12)23-28-22-11/h1-6H,7H2,(H,21,24). The number of hydrogen-bond acceptors (Lipinski definition) is 6. The van der Waals surface area contributed by atoms with Crippen LogP contribution in [-0.4, -0.2) is 28.5 Å². The van der Waals surface area contributed by atoms with Gasteiger partial charge in [0.2, 0.25) is 0 Å². The van der Waals surface area contributed by atoms with E-state index >= 15 is 0 Å². The third-order valence-corrected chi connectivity index (χ3v) is 5.33. The Morgan fingerprint density at radius 3 is 2.48 bits per heavy atom. The minimum Gasteiger partial charge on any atom is -0.266 e. The monoisotopic (exact) mass is 427 g/mol. The lowest BCUT2D eigenvalue weighted by molar-refractivity contribution is 0.315. The van der Waals surface area contributed by atoms with Crippen molar-refractivity contribution in [3.63, 3.8) is 0 Å². The second-order valence-corrected chi connectivity index (χ2v) is 7.49. The van der Waals surface area contributed by atoms with Gasteiger partial charge in [0, 0.05) is 18.3 Å². The van der Waals surface area contributed by atoms with E-state index in [9.17, 15) is 26.0 Å². The summed E-state index contributed by atoms with van der Waals surface area (Å²) in [5.74, 6) is -6.43. The summed E-state index contributed by atoms with van der Waals surface area (Å²) in [7, 11) is -4.16. The summed E-state index contributed by atoms with van der Waals surface area (Å²) in [6.07, 6.45) is 1.18. The number of anilines is 1. The van der Waals surface area contributed by atoms with E-state index in [0.717, 1.165) is 4.68 Å². The molecular formula is C16H9F4N5O3S. The van der Waals surface area contributed by atoms with E-state index in [0.29, 0.717) is 0 Å². The first-order valence-electron chi connectivity index (χ1n) is 7.85. The van der Waals surface area contributed by atoms with Gasteiger partial charge in [0.1, 0.15) is 10.4 Å². The van der Waals surface area contributed by atoms with Crippen LogP contribution in [0.1, 0.15) is 5.56 Å². The van der Waals surface area contributed by atoms with Crippen LogP contribution >= 0.6 is 0 Å². The van der Waals surface area contributed by atoms with E-state index in [1.807, 2.05) is 0 Å². The van der Waals surface area contributed by atoms with Crippen molar-refractivity contribution in [2.24, 2.45) is 0 Å². The van der Waals surface area contributed by atoms with Crippen LogP contribution in [0.2, 0.25) is 0 Å². The number of nitrogens with zero attached hydrogens (tertiary/aromatic N) is 4. The molecule has 150 valence electrons. The number of sulfonamides is 1. The summed E-state index contributed by atoms with van der Waals surface area (Å²) in [6.45, 7) is -0.670. The second-order valence-electron chi connectivity index (χ2n) is 5.84. The molecule has 4 aromatic rings. The van der Waals surface area contributed by atoms with Crippen LogP contribution in [0, 0.1) is 23.3 Å². The molecule has 13 heteroatoms. The summed E-state index contributed by atoms with van der Waals surface area (Å²) in [5, 5.41) is 10.9. The fourth-order valence-electron chi connectivity index (χ4n) is 2.62. The highest BCUT2D eigenvalue weighted by molar-refractivity contribution is 7.93. The van der Waals surface area contributed by atoms with E-state index in [1.165, 1.54) is 30.5 Å². The third kappa shape index (κ3) is 3.40. The van der Waals surface area contributed by atoms with Gasteiger partial charge in [-0.15, -0.1) is 0 Å². The molecule has 0 aliphatic rings. The molecule has 0 aliphatic carbocycles. The number of hydrogen-bond donors (Lipinski definition) is 1. The molecule has 8 nitrogen and oxygen atoms in total. The van der Waals surface area contributed by atoms with Crippen molar-refractivity contribution in [2.75, 3.05) is 4.72 Å². The second kappa shape index (κ2) is 6.84. The molecule has 0 fully saturated rings. The molecule has 1 N–H and O–H groups in total. The highest BCUT2D eigenvalue weighted by atomic mass is 32.2. The number of halogens is 4. The van der Waals surface area contributed by atoms with Crippen molar-refractivity contribution in [1.29, 1.82) is 0 Å². The van der Waals surface area contributed by atoms with Crippen molar-refractivity contribution in [3.8, 4) is 0 Å². The number of benzene rings is 2. The molecule has 0 radical (unpaired) electrons. The molecule has 0 saturated heterocycles. The largest absolute Gasteiger partial charge is 0.266 e. The molecule has 0 bridgehead atoms. The first-order valence-corrected chi connectivity index (χ1v) is 9.34. The highest BCUT2D eigenvalue weighted by Gasteiger charge is 2.22. The number of fused-ring (bicyclic) bond motifs is 1. The van der Waals surface area contributed by atoms with Crippen LogP contribution in [-0.2, 0) is 16.6 Å². The van der Waals surface area contributed by atoms with Crippen LogP contribution in [0.4, 0.5) is 23.4 Å². The Hall–Kier alpha value is -3.48. The van der Waals surface area contributed by atoms with Crippen molar-refractivity contribution in [1.82, 2.24) is 20.1 Å². The summed E-state index contributed by atoms with van der Waals surface area (Å²) >= 11 is 0. The van der Waals surface area contributed by atoms with Crippen LogP contribution in [0.25, 0.3) is 11.0 Å². The lowest BCUT2D eigenvalue weighted by atomic mass is 10.2. The Morgan fingerprint density at radius 2 is 1.76 bits per heavy atom. The first-order chi connectivity index (χ1) is 13.8. The zero-order chi connectivity index (χ0) is 20.8. The average Bonchev–Trinajstić information content (AvgIpc) is 3.32. The molecule has 29 heavy (non-hydrogen) atoms. The maximum Gasteiger partial charge on any atom is 0.265 e. The van der Waals surface area contributed by atoms with Crippen molar-refractivity contribution in [3.05, 3.63) is 65.4 Å². The fourth-order valence-corrected chi connectivity index (χ4v) is 3.77. The molecule has 0 atom stereocenters. The van der Waals surface area contributed by atoms with Crippen molar-refractivity contribution >= 4 is 26.9 Å². The smallest absolute Gasteiger partial charge is 0.265 e. The molecule has 0 amide bonds. The lowest BCUT2D eigenvalue weighted by Crippen LogP contribution is -2.14. The van der Waals surface area contributed by atoms with Crippen molar-refractivity contribution < 1.29 is 30.6 Å². The van der Waals surface area contributed by atoms with Gasteiger partial charge in [-0.25, -0.2) is 30.6 Å². The van der Waals surface area contributed by atoms with Gasteiger partial charge in [0.15, 0.2) is 34.6 Å². The predicted molar refractivity (Wildman–Crippen MR) is 90.2 cm³/mol. The predicted octanol–water partition coefficient (Wildman–Crippen LogP) is 2.82. The first kappa shape index (κ1) is 18.9. The van der Waals surface area contributed by atoms with Gasteiger partial charge in [-0.2, -0.15) is 5.10 Å². The molecule has 4 rings (SSSR count). The van der Waals surface area contributed by atoms with E-state index in [2.05, 4.69) is 24.8 Å². The Bertz CT molecular complexity index is 1310. The third-order valence-electron chi connectivity index (χ3n) is 3.94. The van der Waals surface area contributed by atoms with Gasteiger partial charge in [-0.3, -0.25) is 9.40 Å². The number of aromatic nitrogens is 4. The topological polar surface area (TPSA) is 103 Å². The number of nitrogens with one attached hydrogen (secondary N) is 1. The molecule has 2 heterocycles. The average molecular weight is 427 g/mol. The van der Waals surface area contributed by atoms with E-state index in [4.69, 9.17) is 0 Å². The molecule has 0 aliphatic heterocycles. The van der Waals surface area contributed by atoms with Crippen LogP contribution in [0.3, 0.4) is 0 Å². The molecular weight excluding hydrogens is 418 g/mol. The summed E-state index contributed by atoms with van der Waals surface area (Å²) in [5.41, 5.74) is -0.672. The Labute approximate surface area is 159 Å². The summed E-state index contributed by atoms with van der Waals surface area (Å²) < 4.78 is 87.0. The van der Waals surface area contributed by atoms with Gasteiger partial charge < -0.3 is 0 Å². The molecule has 0 saturated carbocycles. The van der Waals surface area contributed by atoms with Crippen LogP contribution in [0.5, 0.6) is 0 Å². The van der Waals surface area contributed by atoms with E-state index in [1.54, 1.807) is 0 Å². The molecule has 0 unspecified atom stereocenters. The minimum atomic E-state index is -4.16. The van der Waals surface area contributed by atoms with Gasteiger partial charge in [-0.05, 0) is 22.4 Å². The summed E-state index contributed by atoms with van der Waals surface area (Å²) in [4.78, 5) is -0.227. The Balaban J connectivity index is 1.61. The van der Waals surface area contributed by atoms with Gasteiger partial charge in [-0.1, -0.05) is 6.07 Å². The maximum absolute atomic E-state index is 13.8. The highest BCUT2D eigenvalue weighted by Crippen LogP contribution is 2.23. The van der Waals surface area contributed by atoms with Gasteiger partial charge in [0.05, 0.1) is 12.1 Å². The van der Waals surface area contributed by atoms with E-state index < -0.39 is 45.4 Å². The SMILES string of the molecule is O=S(=O)(Nc1ccn(Cc2c(F)c(F)cc(F)c2F)n1)c1cccc2nonc12. The Morgan fingerprint density at radius 1 is 1.03 bits per heavy atom. The van der Waals surface area contributed by atoms with Gasteiger partial charge in [0.25, 0.3) is 10.0 Å². The van der Waals surface area contributed by atoms with Crippen LogP contribution in [0.15, 0.2) is 46.1 Å². The number of rotatable bonds is 5. The minimum absolute atomic E-state index is 0.00110. The van der Waals surface area contributed by atoms with Crippen LogP contribution < -0.4 is 4.72 Å². The molecule has 0 spiro atoms. The zero-order valence-corrected chi connectivity index (χ0v) is 14.9. The molecule has 2 aromatic carbocycles. The molecule has 2 aromatic heterocycles. The lowest BCUT2D eigenvalue weighted by Gasteiger charge is -2.08.